The Morgan fingerprint density at radius 3 is 2.90 bits per heavy atom. The Morgan fingerprint density at radius 2 is 2.10 bits per heavy atom. The molecule has 1 heteroatoms. The van der Waals surface area contributed by atoms with Gasteiger partial charge in [-0.05, 0) is 42.9 Å². The summed E-state index contributed by atoms with van der Waals surface area (Å²) in [6.45, 7) is 4.98. The Morgan fingerprint density at radius 1 is 1.24 bits per heavy atom. The van der Waals surface area contributed by atoms with Crippen molar-refractivity contribution >= 4 is 0 Å². The van der Waals surface area contributed by atoms with Crippen LogP contribution >= 0.6 is 0 Å². The Bertz CT molecular complexity index is 528. The zero-order chi connectivity index (χ0) is 14.7. The van der Waals surface area contributed by atoms with E-state index in [1.165, 1.54) is 32.1 Å². The van der Waals surface area contributed by atoms with E-state index < -0.39 is 0 Å². The summed E-state index contributed by atoms with van der Waals surface area (Å²) in [6, 6.07) is 0. The Kier molecular flexibility index (Phi) is 3.02. The maximum atomic E-state index is 6.01. The molecule has 0 aromatic heterocycles. The normalized spacial score (nSPS) is 51.1. The number of methoxy groups -OCH3 is 1. The van der Waals surface area contributed by atoms with E-state index in [1.807, 2.05) is 7.11 Å². The summed E-state index contributed by atoms with van der Waals surface area (Å²) in [5.74, 6) is 2.09. The van der Waals surface area contributed by atoms with Crippen LogP contribution in [-0.2, 0) is 4.74 Å². The van der Waals surface area contributed by atoms with Gasteiger partial charge in [0.2, 0.25) is 0 Å². The molecule has 4 rings (SSSR count). The first-order valence-electron chi connectivity index (χ1n) is 8.68. The summed E-state index contributed by atoms with van der Waals surface area (Å²) in [7, 11) is 1.92. The molecule has 2 saturated carbocycles. The van der Waals surface area contributed by atoms with Gasteiger partial charge in [0.15, 0.2) is 0 Å². The number of fused-ring (bicyclic) bond motifs is 5. The van der Waals surface area contributed by atoms with Crippen LogP contribution in [0.3, 0.4) is 0 Å². The molecule has 6 atom stereocenters. The van der Waals surface area contributed by atoms with Gasteiger partial charge in [-0.25, -0.2) is 0 Å². The third-order valence-electron chi connectivity index (χ3n) is 7.22. The fourth-order valence-corrected chi connectivity index (χ4v) is 5.91. The quantitative estimate of drug-likeness (QED) is 0.622. The number of hydrogen-bond donors (Lipinski definition) is 0. The first-order chi connectivity index (χ1) is 10.1. The molecule has 0 aromatic carbocycles. The van der Waals surface area contributed by atoms with Crippen molar-refractivity contribution in [2.24, 2.45) is 28.6 Å². The van der Waals surface area contributed by atoms with Crippen LogP contribution in [0.2, 0.25) is 0 Å². The van der Waals surface area contributed by atoms with Crippen LogP contribution in [-0.4, -0.2) is 13.2 Å². The third-order valence-corrected chi connectivity index (χ3v) is 7.22. The predicted molar refractivity (Wildman–Crippen MR) is 86.9 cm³/mol. The summed E-state index contributed by atoms with van der Waals surface area (Å²) in [4.78, 5) is 0. The van der Waals surface area contributed by atoms with Crippen molar-refractivity contribution in [2.75, 3.05) is 7.11 Å². The van der Waals surface area contributed by atoms with E-state index in [1.54, 1.807) is 5.57 Å². The van der Waals surface area contributed by atoms with Gasteiger partial charge in [-0.2, -0.15) is 0 Å². The number of rotatable bonds is 1. The zero-order valence-electron chi connectivity index (χ0n) is 13.6. The average Bonchev–Trinajstić information content (AvgIpc) is 2.87. The number of hydrogen-bond acceptors (Lipinski definition) is 1. The highest BCUT2D eigenvalue weighted by Crippen LogP contribution is 2.62. The van der Waals surface area contributed by atoms with Gasteiger partial charge in [0, 0.05) is 18.4 Å². The molecule has 2 fully saturated rings. The molecule has 0 saturated heterocycles. The monoisotopic (exact) mass is 284 g/mol. The van der Waals surface area contributed by atoms with Gasteiger partial charge in [-0.15, -0.1) is 0 Å². The van der Waals surface area contributed by atoms with E-state index in [0.29, 0.717) is 23.4 Å². The summed E-state index contributed by atoms with van der Waals surface area (Å²) in [5.41, 5.74) is 2.45. The van der Waals surface area contributed by atoms with Crippen molar-refractivity contribution in [1.82, 2.24) is 0 Å². The molecule has 0 spiro atoms. The molecule has 0 bridgehead atoms. The molecule has 0 amide bonds. The highest BCUT2D eigenvalue weighted by Gasteiger charge is 2.55. The number of allylic oxidation sites excluding steroid dienone is 5. The van der Waals surface area contributed by atoms with Crippen LogP contribution < -0.4 is 0 Å². The molecular formula is C20H28O. The maximum absolute atomic E-state index is 6.01. The molecule has 0 aromatic rings. The standard InChI is InChI=1S/C20H28O/c1-19-10-6-8-15(19)18-16(9-12-19)20(2)11-5-4-7-14(20)13-17(18)21-3/h4-5,7,9,11,14-15,17-18H,6,8,10,12-13H2,1-3H3/t14?,15-,17+,18-,19-,20-/m0/s1. The van der Waals surface area contributed by atoms with Crippen molar-refractivity contribution in [2.45, 2.75) is 52.1 Å². The van der Waals surface area contributed by atoms with Gasteiger partial charge in [0.25, 0.3) is 0 Å². The first kappa shape index (κ1) is 13.8. The van der Waals surface area contributed by atoms with Crippen LogP contribution in [0.4, 0.5) is 0 Å². The Hall–Kier alpha value is -0.820. The van der Waals surface area contributed by atoms with E-state index in [4.69, 9.17) is 4.74 Å². The van der Waals surface area contributed by atoms with Gasteiger partial charge in [-0.3, -0.25) is 0 Å². The van der Waals surface area contributed by atoms with E-state index >= 15 is 0 Å². The minimum Gasteiger partial charge on any atom is -0.381 e. The molecule has 1 nitrogen and oxygen atoms in total. The predicted octanol–water partition coefficient (Wildman–Crippen LogP) is 4.91. The highest BCUT2D eigenvalue weighted by molar-refractivity contribution is 5.38. The SMILES string of the molecule is CO[C@@H]1CC2C=CC=C[C@]2(C)C2=CC[C@]3(C)CCC[C@H]3[C@@H]21. The minimum atomic E-state index is 0.234. The minimum absolute atomic E-state index is 0.234. The highest BCUT2D eigenvalue weighted by atomic mass is 16.5. The number of ether oxygens (including phenoxy) is 1. The van der Waals surface area contributed by atoms with Gasteiger partial charge in [0.1, 0.15) is 0 Å². The van der Waals surface area contributed by atoms with Crippen LogP contribution in [0.15, 0.2) is 36.0 Å². The molecule has 21 heavy (non-hydrogen) atoms. The molecule has 4 aliphatic rings. The van der Waals surface area contributed by atoms with Crippen molar-refractivity contribution in [3.05, 3.63) is 36.0 Å². The van der Waals surface area contributed by atoms with Crippen molar-refractivity contribution in [3.63, 3.8) is 0 Å². The molecule has 114 valence electrons. The molecule has 0 N–H and O–H groups in total. The second-order valence-corrected chi connectivity index (χ2v) is 8.19. The van der Waals surface area contributed by atoms with Crippen LogP contribution in [0.5, 0.6) is 0 Å². The topological polar surface area (TPSA) is 9.23 Å². The van der Waals surface area contributed by atoms with Gasteiger partial charge >= 0.3 is 0 Å². The lowest BCUT2D eigenvalue weighted by Gasteiger charge is -2.55. The smallest absolute Gasteiger partial charge is 0.0645 e. The maximum Gasteiger partial charge on any atom is 0.0645 e. The Labute approximate surface area is 129 Å². The summed E-state index contributed by atoms with van der Waals surface area (Å²) >= 11 is 0. The van der Waals surface area contributed by atoms with E-state index in [9.17, 15) is 0 Å². The van der Waals surface area contributed by atoms with Gasteiger partial charge < -0.3 is 4.74 Å². The molecule has 0 aliphatic heterocycles. The van der Waals surface area contributed by atoms with Crippen LogP contribution in [0.1, 0.15) is 46.0 Å². The van der Waals surface area contributed by atoms with Crippen molar-refractivity contribution in [1.29, 1.82) is 0 Å². The van der Waals surface area contributed by atoms with Crippen molar-refractivity contribution in [3.8, 4) is 0 Å². The molecular weight excluding hydrogens is 256 g/mol. The molecule has 4 aliphatic carbocycles. The zero-order valence-corrected chi connectivity index (χ0v) is 13.6. The van der Waals surface area contributed by atoms with Crippen LogP contribution in [0.25, 0.3) is 0 Å². The largest absolute Gasteiger partial charge is 0.381 e. The fraction of sp³-hybridized carbons (Fsp3) is 0.700. The lowest BCUT2D eigenvalue weighted by atomic mass is 9.51. The fourth-order valence-electron chi connectivity index (χ4n) is 5.91. The lowest BCUT2D eigenvalue weighted by molar-refractivity contribution is -0.0365. The lowest BCUT2D eigenvalue weighted by Crippen LogP contribution is -2.50. The van der Waals surface area contributed by atoms with Gasteiger partial charge in [-0.1, -0.05) is 56.2 Å². The summed E-state index contributed by atoms with van der Waals surface area (Å²) < 4.78 is 6.01. The van der Waals surface area contributed by atoms with Crippen molar-refractivity contribution < 1.29 is 4.74 Å². The second-order valence-electron chi connectivity index (χ2n) is 8.19. The average molecular weight is 284 g/mol. The van der Waals surface area contributed by atoms with Gasteiger partial charge in [0.05, 0.1) is 6.10 Å². The summed E-state index contributed by atoms with van der Waals surface area (Å²) in [6.07, 6.45) is 19.0. The first-order valence-corrected chi connectivity index (χ1v) is 8.68. The molecule has 0 heterocycles. The second kappa shape index (κ2) is 4.59. The van der Waals surface area contributed by atoms with E-state index in [0.717, 1.165) is 5.92 Å². The summed E-state index contributed by atoms with van der Waals surface area (Å²) in [5, 5.41) is 0. The molecule has 0 radical (unpaired) electrons. The van der Waals surface area contributed by atoms with E-state index in [2.05, 4.69) is 44.2 Å². The Balaban J connectivity index is 1.81. The third kappa shape index (κ3) is 1.79. The van der Waals surface area contributed by atoms with Crippen LogP contribution in [0, 0.1) is 28.6 Å². The molecule has 1 unspecified atom stereocenters. The van der Waals surface area contributed by atoms with E-state index in [-0.39, 0.29) is 5.41 Å².